The van der Waals surface area contributed by atoms with Crippen LogP contribution >= 0.6 is 0 Å². The number of nitrogens with one attached hydrogen (secondary N) is 1. The van der Waals surface area contributed by atoms with E-state index in [4.69, 9.17) is 15.9 Å². The lowest BCUT2D eigenvalue weighted by molar-refractivity contribution is -0.130. The summed E-state index contributed by atoms with van der Waals surface area (Å²) in [5, 5.41) is 14.0. The van der Waals surface area contributed by atoms with Crippen LogP contribution in [0.5, 0.6) is 5.75 Å². The van der Waals surface area contributed by atoms with E-state index in [1.807, 2.05) is 32.0 Å². The maximum absolute atomic E-state index is 13.3. The van der Waals surface area contributed by atoms with Crippen molar-refractivity contribution in [1.82, 2.24) is 0 Å². The van der Waals surface area contributed by atoms with Gasteiger partial charge in [-0.25, -0.2) is 4.79 Å². The molecule has 2 heterocycles. The van der Waals surface area contributed by atoms with Crippen LogP contribution in [-0.4, -0.2) is 29.2 Å². The molecule has 5 rings (SSSR count). The highest BCUT2D eigenvalue weighted by Crippen LogP contribution is 2.49. The number of benzene rings is 2. The molecule has 34 heavy (non-hydrogen) atoms. The number of ether oxygens (including phenoxy) is 2. The number of hydrogen-bond acceptors (Lipinski definition) is 5. The van der Waals surface area contributed by atoms with Crippen LogP contribution in [0.15, 0.2) is 36.4 Å². The van der Waals surface area contributed by atoms with Gasteiger partial charge in [0.15, 0.2) is 0 Å². The van der Waals surface area contributed by atoms with Gasteiger partial charge in [-0.2, -0.15) is 0 Å². The Hall–Kier alpha value is -3.30. The zero-order valence-corrected chi connectivity index (χ0v) is 19.6. The number of hydrogen-bond donors (Lipinski definition) is 2. The van der Waals surface area contributed by atoms with Crippen LogP contribution in [0.1, 0.15) is 73.0 Å². The molecule has 0 bridgehead atoms. The topological polar surface area (TPSA) is 84.9 Å². The van der Waals surface area contributed by atoms with Crippen molar-refractivity contribution in [1.29, 1.82) is 0 Å². The fourth-order valence-electron chi connectivity index (χ4n) is 5.70. The Balaban J connectivity index is 1.39. The number of anilines is 1. The molecule has 0 saturated heterocycles. The number of terminal acetylenes is 1. The first-order chi connectivity index (χ1) is 16.2. The molecule has 1 fully saturated rings. The van der Waals surface area contributed by atoms with E-state index in [-0.39, 0.29) is 12.4 Å². The molecule has 0 aromatic heterocycles. The summed E-state index contributed by atoms with van der Waals surface area (Å²) in [6, 6.07) is 11.0. The fourth-order valence-corrected chi connectivity index (χ4v) is 5.70. The summed E-state index contributed by atoms with van der Waals surface area (Å²) >= 11 is 0. The smallest absolute Gasteiger partial charge is 0.339 e. The summed E-state index contributed by atoms with van der Waals surface area (Å²) < 4.78 is 11.6. The SMILES string of the molecule is C#CC(O)(CC(C)(C)c1cccc2c1OCC2)C(=O)Nc1ccc2c(c1)C1(CCCC1)OC2=O. The van der Waals surface area contributed by atoms with E-state index in [9.17, 15) is 14.7 Å². The maximum atomic E-state index is 13.3. The minimum atomic E-state index is -2.04. The van der Waals surface area contributed by atoms with Crippen LogP contribution in [-0.2, 0) is 27.0 Å². The van der Waals surface area contributed by atoms with Gasteiger partial charge in [0.2, 0.25) is 5.60 Å². The van der Waals surface area contributed by atoms with E-state index in [0.29, 0.717) is 17.9 Å². The number of esters is 1. The molecule has 2 aliphatic heterocycles. The lowest BCUT2D eigenvalue weighted by Gasteiger charge is -2.33. The molecule has 1 aliphatic carbocycles. The average Bonchev–Trinajstić information content (AvgIpc) is 3.53. The Bertz CT molecular complexity index is 1220. The molecule has 1 spiro atoms. The number of carbonyl (C=O) groups excluding carboxylic acids is 2. The lowest BCUT2D eigenvalue weighted by atomic mass is 9.74. The van der Waals surface area contributed by atoms with Crippen molar-refractivity contribution >= 4 is 17.6 Å². The van der Waals surface area contributed by atoms with Gasteiger partial charge in [-0.15, -0.1) is 6.42 Å². The Morgan fingerprint density at radius 2 is 2.00 bits per heavy atom. The average molecular weight is 460 g/mol. The molecule has 2 aromatic rings. The monoisotopic (exact) mass is 459 g/mol. The molecule has 1 saturated carbocycles. The van der Waals surface area contributed by atoms with Crippen molar-refractivity contribution < 1.29 is 24.2 Å². The number of aliphatic hydroxyl groups is 1. The first-order valence-electron chi connectivity index (χ1n) is 11.8. The molecule has 0 radical (unpaired) electrons. The molecule has 2 aromatic carbocycles. The second kappa shape index (κ2) is 7.89. The molecule has 3 aliphatic rings. The second-order valence-corrected chi connectivity index (χ2v) is 10.3. The predicted octanol–water partition coefficient (Wildman–Crippen LogP) is 4.23. The summed E-state index contributed by atoms with van der Waals surface area (Å²) in [5.74, 6) is 2.14. The molecular weight excluding hydrogens is 430 g/mol. The van der Waals surface area contributed by atoms with Gasteiger partial charge < -0.3 is 19.9 Å². The largest absolute Gasteiger partial charge is 0.493 e. The van der Waals surface area contributed by atoms with Crippen LogP contribution in [0.3, 0.4) is 0 Å². The Kier molecular flexibility index (Phi) is 5.22. The minimum absolute atomic E-state index is 0.0125. The molecule has 1 atom stereocenters. The van der Waals surface area contributed by atoms with Crippen LogP contribution in [0.2, 0.25) is 0 Å². The summed E-state index contributed by atoms with van der Waals surface area (Å²) in [7, 11) is 0. The third-order valence-corrected chi connectivity index (χ3v) is 7.44. The van der Waals surface area contributed by atoms with Crippen LogP contribution in [0.4, 0.5) is 5.69 Å². The predicted molar refractivity (Wildman–Crippen MR) is 128 cm³/mol. The van der Waals surface area contributed by atoms with Crippen molar-refractivity contribution in [2.75, 3.05) is 11.9 Å². The molecule has 6 nitrogen and oxygen atoms in total. The van der Waals surface area contributed by atoms with Crippen molar-refractivity contribution in [2.45, 2.75) is 69.0 Å². The third-order valence-electron chi connectivity index (χ3n) is 7.44. The minimum Gasteiger partial charge on any atom is -0.493 e. The molecule has 6 heteroatoms. The quantitative estimate of drug-likeness (QED) is 0.516. The van der Waals surface area contributed by atoms with Gasteiger partial charge in [0.1, 0.15) is 11.4 Å². The van der Waals surface area contributed by atoms with Crippen LogP contribution in [0, 0.1) is 12.3 Å². The summed E-state index contributed by atoms with van der Waals surface area (Å²) in [6.07, 6.45) is 10.1. The highest BCUT2D eigenvalue weighted by Gasteiger charge is 2.48. The number of fused-ring (bicyclic) bond motifs is 3. The Morgan fingerprint density at radius 1 is 1.24 bits per heavy atom. The highest BCUT2D eigenvalue weighted by molar-refractivity contribution is 6.01. The van der Waals surface area contributed by atoms with Crippen molar-refractivity contribution in [3.8, 4) is 18.1 Å². The van der Waals surface area contributed by atoms with Crippen molar-refractivity contribution in [3.63, 3.8) is 0 Å². The van der Waals surface area contributed by atoms with Gasteiger partial charge in [0.25, 0.3) is 5.91 Å². The molecule has 1 amide bonds. The van der Waals surface area contributed by atoms with Crippen LogP contribution in [0.25, 0.3) is 0 Å². The first-order valence-corrected chi connectivity index (χ1v) is 11.8. The number of carbonyl (C=O) groups is 2. The molecule has 176 valence electrons. The van der Waals surface area contributed by atoms with E-state index < -0.39 is 22.5 Å². The molecule has 1 unspecified atom stereocenters. The fraction of sp³-hybridized carbons (Fsp3) is 0.429. The number of amides is 1. The van der Waals surface area contributed by atoms with Gasteiger partial charge in [0.05, 0.1) is 12.2 Å². The van der Waals surface area contributed by atoms with Crippen molar-refractivity contribution in [2.24, 2.45) is 0 Å². The van der Waals surface area contributed by atoms with E-state index >= 15 is 0 Å². The zero-order chi connectivity index (χ0) is 24.1. The number of para-hydroxylation sites is 1. The van der Waals surface area contributed by atoms with Gasteiger partial charge in [0, 0.05) is 29.7 Å². The lowest BCUT2D eigenvalue weighted by Crippen LogP contribution is -2.46. The normalized spacial score (nSPS) is 19.5. The molecular formula is C28H29NO5. The standard InChI is InChI=1S/C28H29NO5/c1-4-27(32,17-26(2,3)21-9-7-8-18-12-15-33-23(18)21)25(31)29-19-10-11-20-22(16-19)28(34-24(20)30)13-5-6-14-28/h1,7-11,16,32H,5-6,12-15,17H2,2-3H3,(H,29,31). The second-order valence-electron chi connectivity index (χ2n) is 10.3. The van der Waals surface area contributed by atoms with Gasteiger partial charge >= 0.3 is 5.97 Å². The van der Waals surface area contributed by atoms with E-state index in [1.165, 1.54) is 0 Å². The van der Waals surface area contributed by atoms with Gasteiger partial charge in [-0.05, 0) is 54.9 Å². The van der Waals surface area contributed by atoms with E-state index in [0.717, 1.165) is 54.5 Å². The maximum Gasteiger partial charge on any atom is 0.339 e. The summed E-state index contributed by atoms with van der Waals surface area (Å²) in [5.41, 5.74) is 0.576. The first kappa shape index (κ1) is 22.5. The third kappa shape index (κ3) is 3.56. The zero-order valence-electron chi connectivity index (χ0n) is 19.6. The Labute approximate surface area is 199 Å². The van der Waals surface area contributed by atoms with Gasteiger partial charge in [-0.3, -0.25) is 4.79 Å². The van der Waals surface area contributed by atoms with Gasteiger partial charge in [-0.1, -0.05) is 38.0 Å². The molecule has 2 N–H and O–H groups in total. The Morgan fingerprint density at radius 3 is 2.74 bits per heavy atom. The van der Waals surface area contributed by atoms with E-state index in [1.54, 1.807) is 18.2 Å². The summed E-state index contributed by atoms with van der Waals surface area (Å²) in [6.45, 7) is 4.51. The number of rotatable bonds is 5. The van der Waals surface area contributed by atoms with Crippen LogP contribution < -0.4 is 10.1 Å². The highest BCUT2D eigenvalue weighted by atomic mass is 16.6. The van der Waals surface area contributed by atoms with Crippen molar-refractivity contribution in [3.05, 3.63) is 58.7 Å². The summed E-state index contributed by atoms with van der Waals surface area (Å²) in [4.78, 5) is 25.6. The van der Waals surface area contributed by atoms with E-state index in [2.05, 4.69) is 11.2 Å².